The third kappa shape index (κ3) is 3.36. The van der Waals surface area contributed by atoms with Crippen molar-refractivity contribution in [2.24, 2.45) is 5.92 Å². The van der Waals surface area contributed by atoms with E-state index in [0.717, 1.165) is 6.54 Å². The third-order valence-electron chi connectivity index (χ3n) is 5.30. The SMILES string of the molecule is CC1(c2ccccc2)CCC(NCC2CN(S(C)(=O)=O)C2)C1. The van der Waals surface area contributed by atoms with Crippen LogP contribution in [0.2, 0.25) is 0 Å². The second-order valence-electron chi connectivity index (χ2n) is 7.22. The van der Waals surface area contributed by atoms with Crippen molar-refractivity contribution >= 4 is 10.0 Å². The van der Waals surface area contributed by atoms with Crippen molar-refractivity contribution in [2.45, 2.75) is 37.6 Å². The fourth-order valence-electron chi connectivity index (χ4n) is 3.77. The minimum absolute atomic E-state index is 0.275. The van der Waals surface area contributed by atoms with Crippen molar-refractivity contribution in [1.29, 1.82) is 0 Å². The molecule has 0 aromatic heterocycles. The lowest BCUT2D eigenvalue weighted by atomic mass is 9.81. The van der Waals surface area contributed by atoms with E-state index in [1.54, 1.807) is 4.31 Å². The molecule has 1 saturated heterocycles. The first kappa shape index (κ1) is 16.0. The highest BCUT2D eigenvalue weighted by Gasteiger charge is 2.38. The minimum Gasteiger partial charge on any atom is -0.314 e. The Morgan fingerprint density at radius 1 is 1.27 bits per heavy atom. The van der Waals surface area contributed by atoms with Gasteiger partial charge in [-0.2, -0.15) is 0 Å². The lowest BCUT2D eigenvalue weighted by molar-refractivity contribution is 0.192. The first-order valence-electron chi connectivity index (χ1n) is 8.11. The van der Waals surface area contributed by atoms with Gasteiger partial charge in [-0.15, -0.1) is 0 Å². The Bertz CT molecular complexity index is 611. The Morgan fingerprint density at radius 3 is 2.59 bits per heavy atom. The normalized spacial score (nSPS) is 30.4. The van der Waals surface area contributed by atoms with Crippen molar-refractivity contribution in [2.75, 3.05) is 25.9 Å². The molecule has 1 aliphatic heterocycles. The molecule has 1 N–H and O–H groups in total. The van der Waals surface area contributed by atoms with Crippen molar-refractivity contribution in [3.8, 4) is 0 Å². The summed E-state index contributed by atoms with van der Waals surface area (Å²) in [6.45, 7) is 4.64. The zero-order chi connectivity index (χ0) is 15.8. The van der Waals surface area contributed by atoms with Crippen LogP contribution in [0.15, 0.2) is 30.3 Å². The maximum atomic E-state index is 11.4. The number of benzene rings is 1. The van der Waals surface area contributed by atoms with Crippen molar-refractivity contribution in [3.63, 3.8) is 0 Å². The number of rotatable bonds is 5. The lowest BCUT2D eigenvalue weighted by Gasteiger charge is -2.38. The summed E-state index contributed by atoms with van der Waals surface area (Å²) in [4.78, 5) is 0. The number of hydrogen-bond acceptors (Lipinski definition) is 3. The number of sulfonamides is 1. The predicted molar refractivity (Wildman–Crippen MR) is 89.3 cm³/mol. The molecule has 1 aromatic carbocycles. The molecule has 0 bridgehead atoms. The first-order chi connectivity index (χ1) is 10.4. The molecule has 0 amide bonds. The van der Waals surface area contributed by atoms with Gasteiger partial charge in [0.1, 0.15) is 0 Å². The maximum Gasteiger partial charge on any atom is 0.211 e. The van der Waals surface area contributed by atoms with Gasteiger partial charge in [0.15, 0.2) is 0 Å². The first-order valence-corrected chi connectivity index (χ1v) is 9.96. The average Bonchev–Trinajstić information content (AvgIpc) is 2.80. The second-order valence-corrected chi connectivity index (χ2v) is 9.20. The third-order valence-corrected chi connectivity index (χ3v) is 6.54. The molecule has 0 radical (unpaired) electrons. The van der Waals surface area contributed by atoms with Crippen molar-refractivity contribution in [1.82, 2.24) is 9.62 Å². The molecule has 1 saturated carbocycles. The molecule has 1 heterocycles. The molecular formula is C17H26N2O2S. The smallest absolute Gasteiger partial charge is 0.211 e. The van der Waals surface area contributed by atoms with Crippen LogP contribution in [-0.2, 0) is 15.4 Å². The van der Waals surface area contributed by atoms with E-state index in [-0.39, 0.29) is 5.41 Å². The Hall–Kier alpha value is -0.910. The molecule has 0 spiro atoms. The Kier molecular flexibility index (Phi) is 4.32. The monoisotopic (exact) mass is 322 g/mol. The van der Waals surface area contributed by atoms with Crippen LogP contribution >= 0.6 is 0 Å². The van der Waals surface area contributed by atoms with E-state index in [0.29, 0.717) is 25.0 Å². The van der Waals surface area contributed by atoms with Gasteiger partial charge in [0.25, 0.3) is 0 Å². The zero-order valence-electron chi connectivity index (χ0n) is 13.5. The molecule has 2 fully saturated rings. The maximum absolute atomic E-state index is 11.4. The molecule has 122 valence electrons. The topological polar surface area (TPSA) is 49.4 Å². The van der Waals surface area contributed by atoms with Crippen LogP contribution < -0.4 is 5.32 Å². The van der Waals surface area contributed by atoms with Gasteiger partial charge < -0.3 is 5.32 Å². The Labute approximate surface area is 134 Å². The molecule has 1 aliphatic carbocycles. The molecule has 4 nitrogen and oxygen atoms in total. The summed E-state index contributed by atoms with van der Waals surface area (Å²) in [7, 11) is -2.99. The Morgan fingerprint density at radius 2 is 1.95 bits per heavy atom. The van der Waals surface area contributed by atoms with E-state index in [2.05, 4.69) is 42.6 Å². The highest BCUT2D eigenvalue weighted by Crippen LogP contribution is 2.40. The quantitative estimate of drug-likeness (QED) is 0.902. The summed E-state index contributed by atoms with van der Waals surface area (Å²) >= 11 is 0. The summed E-state index contributed by atoms with van der Waals surface area (Å²) in [5.41, 5.74) is 1.71. The van der Waals surface area contributed by atoms with E-state index >= 15 is 0 Å². The van der Waals surface area contributed by atoms with Crippen molar-refractivity contribution < 1.29 is 8.42 Å². The van der Waals surface area contributed by atoms with E-state index in [1.807, 2.05) is 0 Å². The van der Waals surface area contributed by atoms with Crippen LogP contribution in [0.1, 0.15) is 31.7 Å². The molecule has 3 rings (SSSR count). The van der Waals surface area contributed by atoms with Gasteiger partial charge in [-0.3, -0.25) is 0 Å². The number of nitrogens with one attached hydrogen (secondary N) is 1. The predicted octanol–water partition coefficient (Wildman–Crippen LogP) is 1.98. The van der Waals surface area contributed by atoms with E-state index in [1.165, 1.54) is 31.1 Å². The zero-order valence-corrected chi connectivity index (χ0v) is 14.3. The van der Waals surface area contributed by atoms with Gasteiger partial charge in [0, 0.05) is 25.7 Å². The van der Waals surface area contributed by atoms with Crippen LogP contribution in [-0.4, -0.2) is 44.7 Å². The lowest BCUT2D eigenvalue weighted by Crippen LogP contribution is -2.53. The summed E-state index contributed by atoms with van der Waals surface area (Å²) in [6.07, 6.45) is 4.88. The van der Waals surface area contributed by atoms with Crippen LogP contribution in [0.4, 0.5) is 0 Å². The van der Waals surface area contributed by atoms with Gasteiger partial charge in [-0.1, -0.05) is 37.3 Å². The van der Waals surface area contributed by atoms with E-state index in [4.69, 9.17) is 0 Å². The number of nitrogens with zero attached hydrogens (tertiary/aromatic N) is 1. The van der Waals surface area contributed by atoms with Gasteiger partial charge in [-0.05, 0) is 36.2 Å². The minimum atomic E-state index is -2.99. The molecule has 2 atom stereocenters. The van der Waals surface area contributed by atoms with Crippen LogP contribution in [0.25, 0.3) is 0 Å². The van der Waals surface area contributed by atoms with Gasteiger partial charge in [0.05, 0.1) is 6.26 Å². The molecule has 5 heteroatoms. The standard InChI is InChI=1S/C17H26N2O2S/c1-17(15-6-4-3-5-7-15)9-8-16(10-17)18-11-14-12-19(13-14)22(2,20)21/h3-7,14,16,18H,8-13H2,1-2H3. The van der Waals surface area contributed by atoms with Crippen LogP contribution in [0.3, 0.4) is 0 Å². The fraction of sp³-hybridized carbons (Fsp3) is 0.647. The summed E-state index contributed by atoms with van der Waals surface area (Å²) in [5, 5.41) is 3.66. The summed E-state index contributed by atoms with van der Waals surface area (Å²) < 4.78 is 24.3. The molecule has 2 aliphatic rings. The molecule has 22 heavy (non-hydrogen) atoms. The molecular weight excluding hydrogens is 296 g/mol. The second kappa shape index (κ2) is 5.95. The average molecular weight is 322 g/mol. The summed E-state index contributed by atoms with van der Waals surface area (Å²) in [6, 6.07) is 11.3. The van der Waals surface area contributed by atoms with Crippen LogP contribution in [0.5, 0.6) is 0 Å². The van der Waals surface area contributed by atoms with Crippen LogP contribution in [0, 0.1) is 5.92 Å². The molecule has 2 unspecified atom stereocenters. The highest BCUT2D eigenvalue weighted by atomic mass is 32.2. The van der Waals surface area contributed by atoms with E-state index < -0.39 is 10.0 Å². The molecule has 1 aromatic rings. The van der Waals surface area contributed by atoms with Gasteiger partial charge in [-0.25, -0.2) is 12.7 Å². The van der Waals surface area contributed by atoms with Crippen molar-refractivity contribution in [3.05, 3.63) is 35.9 Å². The Balaban J connectivity index is 1.47. The number of hydrogen-bond donors (Lipinski definition) is 1. The van der Waals surface area contributed by atoms with Gasteiger partial charge in [0.2, 0.25) is 10.0 Å². The highest BCUT2D eigenvalue weighted by molar-refractivity contribution is 7.88. The largest absolute Gasteiger partial charge is 0.314 e. The van der Waals surface area contributed by atoms with Gasteiger partial charge >= 0.3 is 0 Å². The fourth-order valence-corrected chi connectivity index (χ4v) is 4.74. The van der Waals surface area contributed by atoms with E-state index in [9.17, 15) is 8.42 Å². The summed E-state index contributed by atoms with van der Waals surface area (Å²) in [5.74, 6) is 0.471.